The molecule has 3 N–H and O–H groups in total. The van der Waals surface area contributed by atoms with E-state index < -0.39 is 0 Å². The van der Waals surface area contributed by atoms with E-state index in [0.717, 1.165) is 65.2 Å². The summed E-state index contributed by atoms with van der Waals surface area (Å²) in [5.74, 6) is 3.68. The van der Waals surface area contributed by atoms with Crippen LogP contribution in [0.1, 0.15) is 36.5 Å². The Kier molecular flexibility index (Phi) is 5.18. The highest BCUT2D eigenvalue weighted by molar-refractivity contribution is 5.72. The van der Waals surface area contributed by atoms with Crippen LogP contribution in [0.5, 0.6) is 0 Å². The lowest BCUT2D eigenvalue weighted by atomic mass is 10.00. The molecule has 4 aromatic heterocycles. The van der Waals surface area contributed by atoms with Crippen molar-refractivity contribution in [2.45, 2.75) is 32.7 Å². The van der Waals surface area contributed by atoms with Gasteiger partial charge in [-0.2, -0.15) is 10.1 Å². The molecule has 1 unspecified atom stereocenters. The normalized spacial score (nSPS) is 15.5. The molecule has 1 aliphatic heterocycles. The average Bonchev–Trinajstić information content (AvgIpc) is 3.42. The number of hydrogen-bond donors (Lipinski definition) is 3. The molecule has 0 aromatic carbocycles. The Hall–Kier alpha value is -3.95. The van der Waals surface area contributed by atoms with Crippen LogP contribution in [0.15, 0.2) is 41.1 Å². The molecule has 32 heavy (non-hydrogen) atoms. The number of pyridine rings is 1. The zero-order valence-electron chi connectivity index (χ0n) is 18.3. The highest BCUT2D eigenvalue weighted by Gasteiger charge is 2.35. The Labute approximate surface area is 185 Å². The molecule has 1 saturated heterocycles. The number of hydrogen-bond acceptors (Lipinski definition) is 9. The van der Waals surface area contributed by atoms with Gasteiger partial charge in [0, 0.05) is 54.9 Å². The van der Waals surface area contributed by atoms with Gasteiger partial charge in [-0.05, 0) is 31.9 Å². The topological polar surface area (TPSA) is 121 Å². The summed E-state index contributed by atoms with van der Waals surface area (Å²) in [4.78, 5) is 16.0. The van der Waals surface area contributed by atoms with E-state index in [2.05, 4.69) is 42.8 Å². The zero-order chi connectivity index (χ0) is 22.1. The Balaban J connectivity index is 1.40. The molecule has 5 rings (SSSR count). The van der Waals surface area contributed by atoms with Gasteiger partial charge in [0.1, 0.15) is 17.3 Å². The van der Waals surface area contributed by atoms with Crippen molar-refractivity contribution in [1.82, 2.24) is 30.3 Å². The molecule has 1 aliphatic rings. The maximum absolute atomic E-state index is 5.73. The molecule has 10 heteroatoms. The Morgan fingerprint density at radius 2 is 2.12 bits per heavy atom. The largest absolute Gasteiger partial charge is 0.373 e. The van der Waals surface area contributed by atoms with E-state index in [1.807, 2.05) is 44.3 Å². The monoisotopic (exact) mass is 431 g/mol. The molecule has 10 nitrogen and oxygen atoms in total. The van der Waals surface area contributed by atoms with Gasteiger partial charge in [-0.25, -0.2) is 9.97 Å². The lowest BCUT2D eigenvalue weighted by Crippen LogP contribution is -2.42. The van der Waals surface area contributed by atoms with Crippen LogP contribution in [0.25, 0.3) is 11.3 Å². The second-order valence-corrected chi connectivity index (χ2v) is 7.72. The average molecular weight is 432 g/mol. The molecule has 0 bridgehead atoms. The number of nitrogens with one attached hydrogen (secondary N) is 3. The zero-order valence-corrected chi connectivity index (χ0v) is 18.3. The predicted octanol–water partition coefficient (Wildman–Crippen LogP) is 3.86. The van der Waals surface area contributed by atoms with Crippen molar-refractivity contribution >= 4 is 23.4 Å². The van der Waals surface area contributed by atoms with Gasteiger partial charge in [0.05, 0.1) is 6.04 Å². The lowest BCUT2D eigenvalue weighted by molar-refractivity contribution is 0.315. The molecule has 164 valence electrons. The number of nitrogens with zero attached hydrogens (tertiary/aromatic N) is 6. The van der Waals surface area contributed by atoms with Gasteiger partial charge in [0.2, 0.25) is 5.95 Å². The van der Waals surface area contributed by atoms with Crippen LogP contribution in [-0.2, 0) is 6.42 Å². The Morgan fingerprint density at radius 3 is 2.84 bits per heavy atom. The second-order valence-electron chi connectivity index (χ2n) is 7.72. The van der Waals surface area contributed by atoms with Crippen molar-refractivity contribution in [1.29, 1.82) is 0 Å². The van der Waals surface area contributed by atoms with Crippen molar-refractivity contribution in [3.63, 3.8) is 0 Å². The van der Waals surface area contributed by atoms with Gasteiger partial charge in [-0.1, -0.05) is 12.1 Å². The third-order valence-electron chi connectivity index (χ3n) is 5.55. The fourth-order valence-electron chi connectivity index (χ4n) is 3.78. The third kappa shape index (κ3) is 3.75. The lowest BCUT2D eigenvalue weighted by Gasteiger charge is -2.39. The van der Waals surface area contributed by atoms with Gasteiger partial charge in [-0.15, -0.1) is 0 Å². The summed E-state index contributed by atoms with van der Waals surface area (Å²) in [6.45, 7) is 4.89. The standard InChI is InChI=1S/C22H25N9O/c1-4-14-11-19(26-20-10-13(2)28-29-20)27-22(25-14)31-9-7-17(31)18-12-16(30-32-18)15-6-5-8-24-21(15)23-3/h5-6,8,10-12,17H,4,7,9H2,1-3H3,(H,23,24)(H2,25,26,27,28,29). The molecule has 0 spiro atoms. The molecule has 0 amide bonds. The van der Waals surface area contributed by atoms with Crippen molar-refractivity contribution in [3.05, 3.63) is 53.7 Å². The SMILES string of the molecule is CCc1cc(Nc2cc(C)[nH]n2)nc(N2CCC2c2cc(-c3cccnc3NC)no2)n1. The summed E-state index contributed by atoms with van der Waals surface area (Å²) in [5, 5.41) is 17.8. The van der Waals surface area contributed by atoms with Crippen molar-refractivity contribution < 1.29 is 4.52 Å². The maximum atomic E-state index is 5.73. The van der Waals surface area contributed by atoms with Crippen LogP contribution in [0.4, 0.5) is 23.4 Å². The number of aryl methyl sites for hydroxylation is 2. The first-order chi connectivity index (χ1) is 15.6. The quantitative estimate of drug-likeness (QED) is 0.400. The summed E-state index contributed by atoms with van der Waals surface area (Å²) in [6.07, 6.45) is 3.50. The van der Waals surface area contributed by atoms with Crippen LogP contribution in [0.3, 0.4) is 0 Å². The minimum absolute atomic E-state index is 0.0403. The van der Waals surface area contributed by atoms with E-state index >= 15 is 0 Å². The molecular formula is C22H25N9O. The molecule has 0 aliphatic carbocycles. The summed E-state index contributed by atoms with van der Waals surface area (Å²) in [5.41, 5.74) is 3.60. The minimum atomic E-state index is 0.0403. The van der Waals surface area contributed by atoms with Gasteiger partial charge < -0.3 is 20.1 Å². The van der Waals surface area contributed by atoms with E-state index in [1.165, 1.54) is 0 Å². The number of anilines is 4. The summed E-state index contributed by atoms with van der Waals surface area (Å²) < 4.78 is 5.73. The Bertz CT molecular complexity index is 1230. The van der Waals surface area contributed by atoms with E-state index in [9.17, 15) is 0 Å². The van der Waals surface area contributed by atoms with Crippen LogP contribution < -0.4 is 15.5 Å². The first-order valence-corrected chi connectivity index (χ1v) is 10.7. The van der Waals surface area contributed by atoms with Gasteiger partial charge in [0.25, 0.3) is 0 Å². The minimum Gasteiger partial charge on any atom is -0.373 e. The second kappa shape index (κ2) is 8.29. The van der Waals surface area contributed by atoms with E-state index in [-0.39, 0.29) is 6.04 Å². The van der Waals surface area contributed by atoms with Gasteiger partial charge in [-0.3, -0.25) is 5.10 Å². The number of aromatic amines is 1. The van der Waals surface area contributed by atoms with Gasteiger partial charge in [0.15, 0.2) is 11.6 Å². The fraction of sp³-hybridized carbons (Fsp3) is 0.318. The van der Waals surface area contributed by atoms with Crippen LogP contribution in [0.2, 0.25) is 0 Å². The summed E-state index contributed by atoms with van der Waals surface area (Å²) >= 11 is 0. The van der Waals surface area contributed by atoms with Crippen molar-refractivity contribution in [2.24, 2.45) is 0 Å². The van der Waals surface area contributed by atoms with Crippen molar-refractivity contribution in [3.8, 4) is 11.3 Å². The molecule has 1 fully saturated rings. The fourth-order valence-corrected chi connectivity index (χ4v) is 3.78. The van der Waals surface area contributed by atoms with E-state index in [4.69, 9.17) is 14.5 Å². The van der Waals surface area contributed by atoms with E-state index in [0.29, 0.717) is 5.95 Å². The number of aromatic nitrogens is 6. The molecule has 0 saturated carbocycles. The molecule has 0 radical (unpaired) electrons. The van der Waals surface area contributed by atoms with Crippen LogP contribution in [0, 0.1) is 6.92 Å². The number of H-pyrrole nitrogens is 1. The molecular weight excluding hydrogens is 406 g/mol. The molecule has 1 atom stereocenters. The smallest absolute Gasteiger partial charge is 0.228 e. The van der Waals surface area contributed by atoms with Crippen LogP contribution in [-0.4, -0.2) is 43.9 Å². The summed E-state index contributed by atoms with van der Waals surface area (Å²) in [7, 11) is 1.84. The maximum Gasteiger partial charge on any atom is 0.228 e. The number of rotatable bonds is 7. The van der Waals surface area contributed by atoms with Crippen LogP contribution >= 0.6 is 0 Å². The molecule has 4 aromatic rings. The van der Waals surface area contributed by atoms with Crippen molar-refractivity contribution in [2.75, 3.05) is 29.1 Å². The predicted molar refractivity (Wildman–Crippen MR) is 122 cm³/mol. The summed E-state index contributed by atoms with van der Waals surface area (Å²) in [6, 6.07) is 9.77. The first kappa shape index (κ1) is 20.0. The first-order valence-electron chi connectivity index (χ1n) is 10.7. The highest BCUT2D eigenvalue weighted by Crippen LogP contribution is 2.38. The Morgan fingerprint density at radius 1 is 1.22 bits per heavy atom. The molecule has 5 heterocycles. The van der Waals surface area contributed by atoms with E-state index in [1.54, 1.807) is 6.20 Å². The highest BCUT2D eigenvalue weighted by atomic mass is 16.5. The van der Waals surface area contributed by atoms with Gasteiger partial charge >= 0.3 is 0 Å². The third-order valence-corrected chi connectivity index (χ3v) is 5.55.